The Labute approximate surface area is 96.4 Å². The van der Waals surface area contributed by atoms with Crippen LogP contribution in [0.15, 0.2) is 23.6 Å². The first kappa shape index (κ1) is 9.60. The SMILES string of the molecule is Clc1ccc2scc(C3OCCO3)c2c1. The Morgan fingerprint density at radius 2 is 2.07 bits per heavy atom. The average Bonchev–Trinajstić information content (AvgIpc) is 2.83. The summed E-state index contributed by atoms with van der Waals surface area (Å²) in [5.74, 6) is 0. The molecule has 1 fully saturated rings. The summed E-state index contributed by atoms with van der Waals surface area (Å²) in [4.78, 5) is 0. The van der Waals surface area contributed by atoms with Gasteiger partial charge < -0.3 is 9.47 Å². The van der Waals surface area contributed by atoms with Gasteiger partial charge in [0.1, 0.15) is 0 Å². The van der Waals surface area contributed by atoms with E-state index in [0.717, 1.165) is 16.0 Å². The third-order valence-corrected chi connectivity index (χ3v) is 3.66. The second kappa shape index (κ2) is 3.76. The first-order chi connectivity index (χ1) is 7.34. The molecule has 1 aliphatic rings. The third kappa shape index (κ3) is 1.66. The molecule has 0 N–H and O–H groups in total. The molecule has 3 rings (SSSR count). The van der Waals surface area contributed by atoms with Gasteiger partial charge in [-0.1, -0.05) is 11.6 Å². The van der Waals surface area contributed by atoms with Gasteiger partial charge in [-0.25, -0.2) is 0 Å². The maximum Gasteiger partial charge on any atom is 0.185 e. The molecule has 0 aliphatic carbocycles. The van der Waals surface area contributed by atoms with Crippen molar-refractivity contribution >= 4 is 33.0 Å². The minimum absolute atomic E-state index is 0.211. The quantitative estimate of drug-likeness (QED) is 0.758. The molecule has 2 nitrogen and oxygen atoms in total. The van der Waals surface area contributed by atoms with E-state index in [1.807, 2.05) is 18.2 Å². The van der Waals surface area contributed by atoms with Crippen LogP contribution in [0.4, 0.5) is 0 Å². The lowest BCUT2D eigenvalue weighted by atomic mass is 10.2. The number of thiophene rings is 1. The van der Waals surface area contributed by atoms with E-state index in [0.29, 0.717) is 13.2 Å². The van der Waals surface area contributed by atoms with Crippen molar-refractivity contribution in [3.05, 3.63) is 34.2 Å². The Hall–Kier alpha value is -0.610. The van der Waals surface area contributed by atoms with Crippen LogP contribution in [0, 0.1) is 0 Å². The van der Waals surface area contributed by atoms with Gasteiger partial charge in [-0.05, 0) is 18.2 Å². The highest BCUT2D eigenvalue weighted by atomic mass is 35.5. The van der Waals surface area contributed by atoms with Gasteiger partial charge in [-0.2, -0.15) is 0 Å². The number of hydrogen-bond acceptors (Lipinski definition) is 3. The van der Waals surface area contributed by atoms with Crippen molar-refractivity contribution < 1.29 is 9.47 Å². The predicted molar refractivity (Wildman–Crippen MR) is 61.5 cm³/mol. The number of benzene rings is 1. The van der Waals surface area contributed by atoms with Crippen molar-refractivity contribution in [1.82, 2.24) is 0 Å². The van der Waals surface area contributed by atoms with E-state index < -0.39 is 0 Å². The van der Waals surface area contributed by atoms with E-state index in [2.05, 4.69) is 5.38 Å². The number of ether oxygens (including phenoxy) is 2. The highest BCUT2D eigenvalue weighted by Gasteiger charge is 2.21. The Bertz CT molecular complexity index is 488. The van der Waals surface area contributed by atoms with Crippen LogP contribution in [0.2, 0.25) is 5.02 Å². The van der Waals surface area contributed by atoms with Crippen molar-refractivity contribution in [2.45, 2.75) is 6.29 Å². The molecule has 1 aromatic heterocycles. The minimum atomic E-state index is -0.211. The largest absolute Gasteiger partial charge is 0.346 e. The van der Waals surface area contributed by atoms with Crippen molar-refractivity contribution in [1.29, 1.82) is 0 Å². The third-order valence-electron chi connectivity index (χ3n) is 2.44. The van der Waals surface area contributed by atoms with E-state index in [-0.39, 0.29) is 6.29 Å². The second-order valence-corrected chi connectivity index (χ2v) is 4.75. The lowest BCUT2D eigenvalue weighted by molar-refractivity contribution is -0.0427. The Kier molecular flexibility index (Phi) is 2.41. The van der Waals surface area contributed by atoms with Gasteiger partial charge >= 0.3 is 0 Å². The number of halogens is 1. The van der Waals surface area contributed by atoms with Crippen molar-refractivity contribution in [3.8, 4) is 0 Å². The van der Waals surface area contributed by atoms with Crippen LogP contribution in [0.3, 0.4) is 0 Å². The summed E-state index contributed by atoms with van der Waals surface area (Å²) < 4.78 is 12.2. The monoisotopic (exact) mass is 240 g/mol. The van der Waals surface area contributed by atoms with E-state index in [1.54, 1.807) is 11.3 Å². The average molecular weight is 241 g/mol. The summed E-state index contributed by atoms with van der Waals surface area (Å²) in [6.45, 7) is 1.34. The summed E-state index contributed by atoms with van der Waals surface area (Å²) in [5, 5.41) is 3.97. The fourth-order valence-electron chi connectivity index (χ4n) is 1.74. The van der Waals surface area contributed by atoms with Gasteiger partial charge in [-0.3, -0.25) is 0 Å². The summed E-state index contributed by atoms with van der Waals surface area (Å²) in [6, 6.07) is 5.90. The molecule has 0 spiro atoms. The lowest BCUT2D eigenvalue weighted by Gasteiger charge is -2.07. The normalized spacial score (nSPS) is 17.7. The standard InChI is InChI=1S/C11H9ClO2S/c12-7-1-2-10-8(5-7)9(6-15-10)11-13-3-4-14-11/h1-2,5-6,11H,3-4H2. The molecule has 1 aliphatic heterocycles. The molecule has 0 radical (unpaired) electrons. The van der Waals surface area contributed by atoms with Crippen LogP contribution in [0.5, 0.6) is 0 Å². The molecule has 2 heterocycles. The lowest BCUT2D eigenvalue weighted by Crippen LogP contribution is -1.95. The van der Waals surface area contributed by atoms with E-state index in [9.17, 15) is 0 Å². The maximum absolute atomic E-state index is 5.98. The molecule has 1 aromatic carbocycles. The Morgan fingerprint density at radius 3 is 2.87 bits per heavy atom. The zero-order chi connectivity index (χ0) is 10.3. The van der Waals surface area contributed by atoms with Gasteiger partial charge in [0.25, 0.3) is 0 Å². The molecule has 4 heteroatoms. The first-order valence-electron chi connectivity index (χ1n) is 4.74. The first-order valence-corrected chi connectivity index (χ1v) is 6.00. The van der Waals surface area contributed by atoms with Crippen LogP contribution < -0.4 is 0 Å². The van der Waals surface area contributed by atoms with E-state index >= 15 is 0 Å². The number of fused-ring (bicyclic) bond motifs is 1. The summed E-state index contributed by atoms with van der Waals surface area (Å²) in [7, 11) is 0. The van der Waals surface area contributed by atoms with Gasteiger partial charge in [0.05, 0.1) is 13.2 Å². The highest BCUT2D eigenvalue weighted by molar-refractivity contribution is 7.17. The smallest absolute Gasteiger partial charge is 0.185 e. The van der Waals surface area contributed by atoms with Crippen LogP contribution >= 0.6 is 22.9 Å². The van der Waals surface area contributed by atoms with Crippen molar-refractivity contribution in [3.63, 3.8) is 0 Å². The summed E-state index contributed by atoms with van der Waals surface area (Å²) in [5.41, 5.74) is 1.09. The molecule has 0 unspecified atom stereocenters. The zero-order valence-corrected chi connectivity index (χ0v) is 9.48. The maximum atomic E-state index is 5.98. The van der Waals surface area contributed by atoms with Crippen LogP contribution in [0.25, 0.3) is 10.1 Å². The Balaban J connectivity index is 2.13. The predicted octanol–water partition coefficient (Wildman–Crippen LogP) is 3.60. The van der Waals surface area contributed by atoms with Gasteiger partial charge in [0, 0.05) is 26.1 Å². The number of hydrogen-bond donors (Lipinski definition) is 0. The zero-order valence-electron chi connectivity index (χ0n) is 7.90. The molecule has 0 bridgehead atoms. The Morgan fingerprint density at radius 1 is 1.27 bits per heavy atom. The van der Waals surface area contributed by atoms with Gasteiger partial charge in [-0.15, -0.1) is 11.3 Å². The van der Waals surface area contributed by atoms with Crippen molar-refractivity contribution in [2.24, 2.45) is 0 Å². The second-order valence-electron chi connectivity index (χ2n) is 3.41. The van der Waals surface area contributed by atoms with Gasteiger partial charge in [0.2, 0.25) is 0 Å². The molecule has 15 heavy (non-hydrogen) atoms. The fourth-order valence-corrected chi connectivity index (χ4v) is 2.86. The minimum Gasteiger partial charge on any atom is -0.346 e. The fraction of sp³-hybridized carbons (Fsp3) is 0.273. The van der Waals surface area contributed by atoms with E-state index in [1.165, 1.54) is 4.70 Å². The number of rotatable bonds is 1. The molecule has 2 aromatic rings. The molecular formula is C11H9ClO2S. The van der Waals surface area contributed by atoms with Gasteiger partial charge in [0.15, 0.2) is 6.29 Å². The van der Waals surface area contributed by atoms with E-state index in [4.69, 9.17) is 21.1 Å². The molecule has 0 saturated carbocycles. The molecule has 78 valence electrons. The van der Waals surface area contributed by atoms with Crippen molar-refractivity contribution in [2.75, 3.05) is 13.2 Å². The van der Waals surface area contributed by atoms with Crippen LogP contribution in [-0.2, 0) is 9.47 Å². The van der Waals surface area contributed by atoms with Crippen LogP contribution in [0.1, 0.15) is 11.9 Å². The highest BCUT2D eigenvalue weighted by Crippen LogP contribution is 2.35. The summed E-state index contributed by atoms with van der Waals surface area (Å²) >= 11 is 7.67. The summed E-state index contributed by atoms with van der Waals surface area (Å²) in [6.07, 6.45) is -0.211. The molecule has 0 amide bonds. The molecular weight excluding hydrogens is 232 g/mol. The molecule has 0 atom stereocenters. The molecule has 1 saturated heterocycles. The topological polar surface area (TPSA) is 18.5 Å². The van der Waals surface area contributed by atoms with Crippen LogP contribution in [-0.4, -0.2) is 13.2 Å².